The minimum Gasteiger partial charge on any atom is -0.497 e. The molecule has 0 saturated heterocycles. The summed E-state index contributed by atoms with van der Waals surface area (Å²) in [5.41, 5.74) is 0.691. The minimum absolute atomic E-state index is 0.242. The molecule has 92 valence electrons. The highest BCUT2D eigenvalue weighted by molar-refractivity contribution is 5.81. The molecule has 2 rings (SSSR count). The van der Waals surface area contributed by atoms with Crippen molar-refractivity contribution in [2.24, 2.45) is 0 Å². The molecule has 1 aromatic carbocycles. The van der Waals surface area contributed by atoms with Gasteiger partial charge in [-0.2, -0.15) is 0 Å². The zero-order valence-corrected chi connectivity index (χ0v) is 10.3. The van der Waals surface area contributed by atoms with E-state index in [0.717, 1.165) is 5.39 Å². The van der Waals surface area contributed by atoms with Crippen molar-refractivity contribution in [1.82, 2.24) is 9.47 Å². The Labute approximate surface area is 110 Å². The first kappa shape index (κ1) is 7.07. The lowest BCUT2D eigenvalue weighted by Gasteiger charge is -2.20. The summed E-state index contributed by atoms with van der Waals surface area (Å²) in [4.78, 5) is 1.82. The van der Waals surface area contributed by atoms with Crippen LogP contribution in [0.2, 0.25) is 0 Å². The van der Waals surface area contributed by atoms with Crippen LogP contribution in [0.1, 0.15) is 13.8 Å². The lowest BCUT2D eigenvalue weighted by Crippen LogP contribution is -2.28. The third kappa shape index (κ3) is 2.44. The number of fused-ring (bicyclic) bond motifs is 1. The maximum Gasteiger partial charge on any atom is 0.119 e. The van der Waals surface area contributed by atoms with Crippen LogP contribution in [-0.4, -0.2) is 36.6 Å². The molecule has 3 nitrogen and oxygen atoms in total. The quantitative estimate of drug-likeness (QED) is 0.813. The smallest absolute Gasteiger partial charge is 0.119 e. The molecule has 0 amide bonds. The van der Waals surface area contributed by atoms with Crippen LogP contribution in [0.4, 0.5) is 0 Å². The van der Waals surface area contributed by atoms with Crippen molar-refractivity contribution in [3.8, 4) is 5.75 Å². The zero-order valence-electron chi connectivity index (χ0n) is 15.3. The van der Waals surface area contributed by atoms with Crippen LogP contribution in [0.15, 0.2) is 30.5 Å². The average Bonchev–Trinajstić information content (AvgIpc) is 2.79. The summed E-state index contributed by atoms with van der Waals surface area (Å²) in [6.07, 6.45) is 1.67. The molecule has 0 spiro atoms. The van der Waals surface area contributed by atoms with E-state index in [1.807, 2.05) is 25.9 Å². The van der Waals surface area contributed by atoms with Gasteiger partial charge in [0.15, 0.2) is 0 Å². The minimum atomic E-state index is -2.50. The van der Waals surface area contributed by atoms with E-state index in [1.165, 1.54) is 0 Å². The van der Waals surface area contributed by atoms with Gasteiger partial charge in [0.25, 0.3) is 0 Å². The highest BCUT2D eigenvalue weighted by atomic mass is 16.5. The Morgan fingerprint density at radius 1 is 1.47 bits per heavy atom. The van der Waals surface area contributed by atoms with Gasteiger partial charge in [0.1, 0.15) is 5.75 Å². The van der Waals surface area contributed by atoms with E-state index in [1.54, 1.807) is 35.0 Å². The monoisotopic (exact) mass is 237 g/mol. The summed E-state index contributed by atoms with van der Waals surface area (Å²) in [5, 5.41) is 0.733. The van der Waals surface area contributed by atoms with Crippen molar-refractivity contribution in [2.75, 3.05) is 21.1 Å². The lowest BCUT2D eigenvalue weighted by atomic mass is 10.2. The summed E-state index contributed by atoms with van der Waals surface area (Å²) in [6, 6.07) is 6.25. The van der Waals surface area contributed by atoms with Gasteiger partial charge in [0, 0.05) is 29.6 Å². The summed E-state index contributed by atoms with van der Waals surface area (Å²) < 4.78 is 44.6. The molecule has 0 aliphatic heterocycles. The van der Waals surface area contributed by atoms with Gasteiger partial charge in [-0.3, -0.25) is 0 Å². The Morgan fingerprint density at radius 2 is 2.29 bits per heavy atom. The normalized spacial score (nSPS) is 19.2. The highest BCUT2D eigenvalue weighted by Crippen LogP contribution is 2.22. The Hall–Kier alpha value is -1.48. The van der Waals surface area contributed by atoms with Crippen molar-refractivity contribution in [2.45, 2.75) is 19.5 Å². The molecule has 0 radical (unpaired) electrons. The number of hydrogen-bond acceptors (Lipinski definition) is 2. The number of methoxy groups -OCH3 is 1. The predicted molar refractivity (Wildman–Crippen MR) is 71.6 cm³/mol. The number of ether oxygens (including phenoxy) is 1. The fourth-order valence-electron chi connectivity index (χ4n) is 1.61. The zero-order chi connectivity index (χ0) is 16.7. The lowest BCUT2D eigenvalue weighted by molar-refractivity contribution is 0.286. The third-order valence-electron chi connectivity index (χ3n) is 2.88. The second-order valence-electron chi connectivity index (χ2n) is 4.28. The van der Waals surface area contributed by atoms with E-state index < -0.39 is 13.5 Å². The Morgan fingerprint density at radius 3 is 3.00 bits per heavy atom. The summed E-state index contributed by atoms with van der Waals surface area (Å²) in [6.45, 7) is 0.218. The van der Waals surface area contributed by atoms with Crippen molar-refractivity contribution < 1.29 is 11.6 Å². The third-order valence-corrected chi connectivity index (χ3v) is 2.88. The van der Waals surface area contributed by atoms with Gasteiger partial charge in [0.2, 0.25) is 0 Å². The van der Waals surface area contributed by atoms with Crippen LogP contribution in [0, 0.1) is 0 Å². The maximum atomic E-state index is 8.37. The largest absolute Gasteiger partial charge is 0.497 e. The molecule has 2 aromatic rings. The molecule has 0 fully saturated rings. The van der Waals surface area contributed by atoms with Crippen LogP contribution in [-0.2, 0) is 6.50 Å². The molecule has 0 saturated carbocycles. The van der Waals surface area contributed by atoms with Crippen molar-refractivity contribution in [1.29, 1.82) is 0 Å². The standard InChI is InChI=1S/C14H20N2O/c1-11(15(2)3)10-16-8-7-12-9-13(17-4)5-6-14(12)16/h5-9,11H,10H2,1-4H3/t11-/m1/s1/i4D3,10D2. The number of nitrogens with zero attached hydrogens (tertiary/aromatic N) is 2. The summed E-state index contributed by atoms with van der Waals surface area (Å²) in [5.74, 6) is 0.242. The fourth-order valence-corrected chi connectivity index (χ4v) is 1.61. The highest BCUT2D eigenvalue weighted by Gasteiger charge is 2.08. The number of hydrogen-bond donors (Lipinski definition) is 0. The van der Waals surface area contributed by atoms with Crippen molar-refractivity contribution in [3.05, 3.63) is 30.5 Å². The molecule has 1 atom stereocenters. The number of rotatable bonds is 4. The van der Waals surface area contributed by atoms with E-state index in [9.17, 15) is 0 Å². The van der Waals surface area contributed by atoms with Crippen LogP contribution in [0.5, 0.6) is 5.75 Å². The SMILES string of the molecule is [2H]C([2H])([2H])Oc1ccc2c(ccn2C([2H])([2H])[C@@H](C)N(C)C)c1. The molecular formula is C14H20N2O. The van der Waals surface area contributed by atoms with Gasteiger partial charge in [-0.1, -0.05) is 0 Å². The van der Waals surface area contributed by atoms with Gasteiger partial charge in [0.05, 0.1) is 13.9 Å². The van der Waals surface area contributed by atoms with Crippen LogP contribution >= 0.6 is 0 Å². The second kappa shape index (κ2) is 4.80. The van der Waals surface area contributed by atoms with Crippen LogP contribution in [0.3, 0.4) is 0 Å². The molecule has 1 heterocycles. The van der Waals surface area contributed by atoms with E-state index in [4.69, 9.17) is 11.6 Å². The molecule has 1 aromatic heterocycles. The van der Waals surface area contributed by atoms with Crippen LogP contribution < -0.4 is 4.74 Å². The van der Waals surface area contributed by atoms with Gasteiger partial charge >= 0.3 is 0 Å². The summed E-state index contributed by atoms with van der Waals surface area (Å²) in [7, 11) is 1.16. The van der Waals surface area contributed by atoms with Crippen molar-refractivity contribution >= 4 is 10.9 Å². The average molecular weight is 237 g/mol. The second-order valence-corrected chi connectivity index (χ2v) is 4.28. The molecule has 3 heteroatoms. The predicted octanol–water partition coefficient (Wildman–Crippen LogP) is 2.60. The molecule has 0 bridgehead atoms. The molecule has 0 unspecified atom stereocenters. The van der Waals surface area contributed by atoms with Gasteiger partial charge in [-0.05, 0) is 45.3 Å². The Balaban J connectivity index is 2.42. The molecular weight excluding hydrogens is 212 g/mol. The number of benzene rings is 1. The van der Waals surface area contributed by atoms with Gasteiger partial charge in [-0.15, -0.1) is 0 Å². The Bertz CT molecular complexity index is 663. The van der Waals surface area contributed by atoms with E-state index in [2.05, 4.69) is 0 Å². The molecule has 0 aliphatic carbocycles. The topological polar surface area (TPSA) is 17.4 Å². The summed E-state index contributed by atoms with van der Waals surface area (Å²) >= 11 is 0. The first-order valence-corrected chi connectivity index (χ1v) is 5.49. The number of aromatic nitrogens is 1. The molecule has 0 N–H and O–H groups in total. The first-order chi connectivity index (χ1) is 10.0. The number of likely N-dealkylation sites (N-methyl/N-ethyl adjacent to an activating group) is 1. The van der Waals surface area contributed by atoms with E-state index in [-0.39, 0.29) is 11.8 Å². The Kier molecular flexibility index (Phi) is 1.99. The van der Waals surface area contributed by atoms with Crippen LogP contribution in [0.25, 0.3) is 10.9 Å². The van der Waals surface area contributed by atoms with Gasteiger partial charge in [-0.25, -0.2) is 0 Å². The fraction of sp³-hybridized carbons (Fsp3) is 0.429. The molecule has 17 heavy (non-hydrogen) atoms. The molecule has 0 aliphatic rings. The van der Waals surface area contributed by atoms with E-state index in [0.29, 0.717) is 5.52 Å². The maximum absolute atomic E-state index is 8.37. The van der Waals surface area contributed by atoms with Crippen molar-refractivity contribution in [3.63, 3.8) is 0 Å². The van der Waals surface area contributed by atoms with Gasteiger partial charge < -0.3 is 14.2 Å². The van der Waals surface area contributed by atoms with E-state index >= 15 is 0 Å². The first-order valence-electron chi connectivity index (χ1n) is 7.99.